The Morgan fingerprint density at radius 1 is 1.38 bits per heavy atom. The van der Waals surface area contributed by atoms with Crippen molar-refractivity contribution in [3.05, 3.63) is 0 Å². The van der Waals surface area contributed by atoms with Crippen molar-refractivity contribution in [2.45, 2.75) is 51.1 Å². The Labute approximate surface area is 97.9 Å². The summed E-state index contributed by atoms with van der Waals surface area (Å²) in [4.78, 5) is 6.85. The van der Waals surface area contributed by atoms with Crippen LogP contribution in [-0.4, -0.2) is 42.2 Å². The number of nitrogens with zero attached hydrogens (tertiary/aromatic N) is 2. The van der Waals surface area contributed by atoms with Crippen molar-refractivity contribution in [3.8, 4) is 0 Å². The summed E-state index contributed by atoms with van der Waals surface area (Å²) in [5, 5.41) is 0. The Bertz CT molecular complexity index is 269. The number of hydrogen-bond acceptors (Lipinski definition) is 2. The molecule has 1 aliphatic carbocycles. The number of ether oxygens (including phenoxy) is 1. The zero-order valence-electron chi connectivity index (χ0n) is 10.4. The van der Waals surface area contributed by atoms with Crippen LogP contribution in [0.15, 0.2) is 4.99 Å². The van der Waals surface area contributed by atoms with Crippen LogP contribution in [0.5, 0.6) is 0 Å². The molecule has 4 nitrogen and oxygen atoms in total. The van der Waals surface area contributed by atoms with E-state index in [9.17, 15) is 0 Å². The van der Waals surface area contributed by atoms with Crippen molar-refractivity contribution in [1.29, 1.82) is 0 Å². The number of aliphatic imine (C=N–C) groups is 1. The predicted octanol–water partition coefficient (Wildman–Crippen LogP) is 1.35. The quantitative estimate of drug-likeness (QED) is 0.541. The summed E-state index contributed by atoms with van der Waals surface area (Å²) < 4.78 is 5.48. The van der Waals surface area contributed by atoms with Gasteiger partial charge >= 0.3 is 0 Å². The molecule has 92 valence electrons. The van der Waals surface area contributed by atoms with Gasteiger partial charge in [-0.15, -0.1) is 0 Å². The number of guanidine groups is 1. The van der Waals surface area contributed by atoms with Gasteiger partial charge in [-0.25, -0.2) is 4.99 Å². The molecule has 0 aromatic heterocycles. The van der Waals surface area contributed by atoms with Crippen LogP contribution in [0.2, 0.25) is 0 Å². The Balaban J connectivity index is 2.03. The molecule has 1 aliphatic heterocycles. The fourth-order valence-corrected chi connectivity index (χ4v) is 2.57. The van der Waals surface area contributed by atoms with Gasteiger partial charge in [-0.1, -0.05) is 12.8 Å². The van der Waals surface area contributed by atoms with Gasteiger partial charge in [-0.3, -0.25) is 0 Å². The summed E-state index contributed by atoms with van der Waals surface area (Å²) in [6, 6.07) is 0.457. The highest BCUT2D eigenvalue weighted by Gasteiger charge is 2.32. The molecule has 2 aliphatic rings. The number of rotatable bonds is 1. The first-order valence-corrected chi connectivity index (χ1v) is 6.28. The molecule has 0 spiro atoms. The van der Waals surface area contributed by atoms with Crippen LogP contribution < -0.4 is 5.73 Å². The van der Waals surface area contributed by atoms with Gasteiger partial charge in [0.15, 0.2) is 5.96 Å². The topological polar surface area (TPSA) is 50.9 Å². The normalized spacial score (nSPS) is 27.4. The molecule has 2 N–H and O–H groups in total. The molecular weight excluding hydrogens is 202 g/mol. The molecule has 2 fully saturated rings. The average Bonchev–Trinajstić information content (AvgIpc) is 2.69. The fourth-order valence-electron chi connectivity index (χ4n) is 2.57. The summed E-state index contributed by atoms with van der Waals surface area (Å²) in [5.74, 6) is 0.709. The van der Waals surface area contributed by atoms with Gasteiger partial charge in [-0.05, 0) is 26.7 Å². The highest BCUT2D eigenvalue weighted by molar-refractivity contribution is 5.79. The number of hydrogen-bond donors (Lipinski definition) is 1. The van der Waals surface area contributed by atoms with Gasteiger partial charge in [-0.2, -0.15) is 0 Å². The molecule has 0 bridgehead atoms. The van der Waals surface area contributed by atoms with E-state index in [1.807, 2.05) is 0 Å². The molecule has 0 unspecified atom stereocenters. The first-order valence-electron chi connectivity index (χ1n) is 6.28. The van der Waals surface area contributed by atoms with Crippen LogP contribution in [0.25, 0.3) is 0 Å². The highest BCUT2D eigenvalue weighted by atomic mass is 16.5. The maximum absolute atomic E-state index is 6.12. The Hall–Kier alpha value is -0.770. The maximum atomic E-state index is 6.12. The van der Waals surface area contributed by atoms with E-state index >= 15 is 0 Å². The van der Waals surface area contributed by atoms with Crippen molar-refractivity contribution in [3.63, 3.8) is 0 Å². The maximum Gasteiger partial charge on any atom is 0.192 e. The van der Waals surface area contributed by atoms with Gasteiger partial charge in [0, 0.05) is 6.54 Å². The van der Waals surface area contributed by atoms with E-state index in [1.165, 1.54) is 25.7 Å². The molecular formula is C12H23N3O. The highest BCUT2D eigenvalue weighted by Crippen LogP contribution is 2.23. The van der Waals surface area contributed by atoms with Crippen LogP contribution in [0.4, 0.5) is 0 Å². The third-order valence-corrected chi connectivity index (χ3v) is 3.56. The molecule has 1 saturated heterocycles. The van der Waals surface area contributed by atoms with E-state index in [-0.39, 0.29) is 5.54 Å². The summed E-state index contributed by atoms with van der Waals surface area (Å²) in [5.41, 5.74) is 6.10. The lowest BCUT2D eigenvalue weighted by atomic mass is 10.0. The van der Waals surface area contributed by atoms with Crippen molar-refractivity contribution < 1.29 is 4.74 Å². The zero-order chi connectivity index (χ0) is 11.6. The molecule has 0 aromatic rings. The second kappa shape index (κ2) is 4.62. The monoisotopic (exact) mass is 225 g/mol. The van der Waals surface area contributed by atoms with Gasteiger partial charge in [0.25, 0.3) is 0 Å². The molecule has 0 aromatic carbocycles. The van der Waals surface area contributed by atoms with Crippen LogP contribution in [0.1, 0.15) is 39.5 Å². The van der Waals surface area contributed by atoms with E-state index in [0.717, 1.165) is 19.8 Å². The third-order valence-electron chi connectivity index (χ3n) is 3.56. The lowest BCUT2D eigenvalue weighted by Gasteiger charge is -2.43. The molecule has 16 heavy (non-hydrogen) atoms. The van der Waals surface area contributed by atoms with Crippen molar-refractivity contribution >= 4 is 5.96 Å². The minimum Gasteiger partial charge on any atom is -0.377 e. The Kier molecular flexibility index (Phi) is 3.38. The minimum atomic E-state index is -0.0234. The van der Waals surface area contributed by atoms with E-state index < -0.39 is 0 Å². The first kappa shape index (κ1) is 11.7. The second-order valence-corrected chi connectivity index (χ2v) is 5.44. The zero-order valence-corrected chi connectivity index (χ0v) is 10.4. The number of nitrogens with two attached hydrogens (primary N) is 1. The predicted molar refractivity (Wildman–Crippen MR) is 65.5 cm³/mol. The van der Waals surface area contributed by atoms with Gasteiger partial charge in [0.1, 0.15) is 0 Å². The summed E-state index contributed by atoms with van der Waals surface area (Å²) in [6.07, 6.45) is 5.00. The van der Waals surface area contributed by atoms with Gasteiger partial charge < -0.3 is 15.4 Å². The van der Waals surface area contributed by atoms with Crippen molar-refractivity contribution in [2.75, 3.05) is 19.8 Å². The average molecular weight is 225 g/mol. The summed E-state index contributed by atoms with van der Waals surface area (Å²) in [6.45, 7) is 6.65. The van der Waals surface area contributed by atoms with Crippen LogP contribution in [0.3, 0.4) is 0 Å². The molecule has 0 atom stereocenters. The lowest BCUT2D eigenvalue weighted by molar-refractivity contribution is -0.0157. The van der Waals surface area contributed by atoms with E-state index in [0.29, 0.717) is 12.0 Å². The standard InChI is InChI=1S/C12H23N3O/c1-12(2)9-16-8-7-15(12)11(13)14-10-5-3-4-6-10/h10H,3-9H2,1-2H3,(H2,13,14). The summed E-state index contributed by atoms with van der Waals surface area (Å²) >= 11 is 0. The van der Waals surface area contributed by atoms with Gasteiger partial charge in [0.2, 0.25) is 0 Å². The molecule has 4 heteroatoms. The number of morpholine rings is 1. The van der Waals surface area contributed by atoms with E-state index in [4.69, 9.17) is 10.5 Å². The molecule has 0 radical (unpaired) electrons. The minimum absolute atomic E-state index is 0.0234. The van der Waals surface area contributed by atoms with Crippen LogP contribution >= 0.6 is 0 Å². The Morgan fingerprint density at radius 2 is 2.06 bits per heavy atom. The lowest BCUT2D eigenvalue weighted by Crippen LogP contribution is -2.58. The smallest absolute Gasteiger partial charge is 0.192 e. The second-order valence-electron chi connectivity index (χ2n) is 5.44. The third kappa shape index (κ3) is 2.48. The summed E-state index contributed by atoms with van der Waals surface area (Å²) in [7, 11) is 0. The van der Waals surface area contributed by atoms with Gasteiger partial charge in [0.05, 0.1) is 24.8 Å². The van der Waals surface area contributed by atoms with Crippen LogP contribution in [0, 0.1) is 0 Å². The Morgan fingerprint density at radius 3 is 2.69 bits per heavy atom. The van der Waals surface area contributed by atoms with E-state index in [1.54, 1.807) is 0 Å². The molecule has 1 saturated carbocycles. The van der Waals surface area contributed by atoms with Crippen molar-refractivity contribution in [1.82, 2.24) is 4.90 Å². The fraction of sp³-hybridized carbons (Fsp3) is 0.917. The van der Waals surface area contributed by atoms with Crippen LogP contribution in [-0.2, 0) is 4.74 Å². The first-order chi connectivity index (χ1) is 7.59. The largest absolute Gasteiger partial charge is 0.377 e. The van der Waals surface area contributed by atoms with Crippen molar-refractivity contribution in [2.24, 2.45) is 10.7 Å². The van der Waals surface area contributed by atoms with E-state index in [2.05, 4.69) is 23.7 Å². The molecule has 1 heterocycles. The molecule has 0 amide bonds. The molecule has 2 rings (SSSR count). The SMILES string of the molecule is CC1(C)COCCN1C(N)=NC1CCCC1.